The molecule has 7 heteroatoms. The first-order valence-corrected chi connectivity index (χ1v) is 12.2. The van der Waals surface area contributed by atoms with Crippen LogP contribution in [0.2, 0.25) is 10.0 Å². The molecular formula is C26H25BrCl2N2O2. The number of halogens is 3. The molecule has 0 spiro atoms. The van der Waals surface area contributed by atoms with Gasteiger partial charge in [0, 0.05) is 34.0 Å². The first-order valence-electron chi connectivity index (χ1n) is 10.7. The van der Waals surface area contributed by atoms with Gasteiger partial charge < -0.3 is 10.2 Å². The minimum absolute atomic E-state index is 0.0642. The van der Waals surface area contributed by atoms with Gasteiger partial charge in [-0.2, -0.15) is 0 Å². The molecule has 0 fully saturated rings. The number of nitrogens with one attached hydrogen (secondary N) is 1. The van der Waals surface area contributed by atoms with Gasteiger partial charge in [-0.1, -0.05) is 87.7 Å². The number of carbonyl (C=O) groups is 2. The van der Waals surface area contributed by atoms with E-state index in [9.17, 15) is 9.59 Å². The molecule has 1 unspecified atom stereocenters. The van der Waals surface area contributed by atoms with Gasteiger partial charge in [0.15, 0.2) is 0 Å². The summed E-state index contributed by atoms with van der Waals surface area (Å²) in [5.41, 5.74) is 2.56. The molecule has 0 aromatic heterocycles. The molecule has 0 radical (unpaired) electrons. The van der Waals surface area contributed by atoms with E-state index >= 15 is 0 Å². The van der Waals surface area contributed by atoms with Gasteiger partial charge in [0.1, 0.15) is 6.04 Å². The molecule has 0 saturated carbocycles. The second kappa shape index (κ2) is 12.2. The van der Waals surface area contributed by atoms with Gasteiger partial charge >= 0.3 is 0 Å². The number of carbonyl (C=O) groups excluding carboxylic acids is 2. The Morgan fingerprint density at radius 3 is 2.36 bits per heavy atom. The number of hydrogen-bond donors (Lipinski definition) is 1. The van der Waals surface area contributed by atoms with Crippen LogP contribution in [0.25, 0.3) is 0 Å². The Balaban J connectivity index is 1.97. The Morgan fingerprint density at radius 2 is 1.70 bits per heavy atom. The van der Waals surface area contributed by atoms with E-state index in [2.05, 4.69) is 21.2 Å². The normalized spacial score (nSPS) is 11.6. The molecule has 0 saturated heterocycles. The summed E-state index contributed by atoms with van der Waals surface area (Å²) < 4.78 is 0.908. The van der Waals surface area contributed by atoms with Gasteiger partial charge in [-0.15, -0.1) is 0 Å². The smallest absolute Gasteiger partial charge is 0.243 e. The molecule has 0 aliphatic carbocycles. The van der Waals surface area contributed by atoms with Crippen LogP contribution in [0.3, 0.4) is 0 Å². The summed E-state index contributed by atoms with van der Waals surface area (Å²) in [4.78, 5) is 28.4. The predicted molar refractivity (Wildman–Crippen MR) is 137 cm³/mol. The molecule has 0 aliphatic heterocycles. The second-order valence-electron chi connectivity index (χ2n) is 7.66. The van der Waals surface area contributed by atoms with E-state index in [1.807, 2.05) is 61.5 Å². The van der Waals surface area contributed by atoms with Crippen molar-refractivity contribution in [3.8, 4) is 0 Å². The van der Waals surface area contributed by atoms with Crippen LogP contribution in [0.4, 0.5) is 0 Å². The van der Waals surface area contributed by atoms with Crippen molar-refractivity contribution in [3.05, 3.63) is 104 Å². The SMILES string of the molecule is CCNC(=O)C(Cc1ccccc1)N(Cc1cccc(Br)c1)C(=O)Cc1ccc(Cl)cc1Cl. The van der Waals surface area contributed by atoms with Crippen molar-refractivity contribution >= 4 is 50.9 Å². The number of nitrogens with zero attached hydrogens (tertiary/aromatic N) is 1. The number of hydrogen-bond acceptors (Lipinski definition) is 2. The molecule has 3 aromatic rings. The van der Waals surface area contributed by atoms with Gasteiger partial charge in [0.05, 0.1) is 6.42 Å². The fraction of sp³-hybridized carbons (Fsp3) is 0.231. The molecule has 2 amide bonds. The lowest BCUT2D eigenvalue weighted by Gasteiger charge is -2.31. The predicted octanol–water partition coefficient (Wildman–Crippen LogP) is 6.07. The average molecular weight is 548 g/mol. The van der Waals surface area contributed by atoms with Crippen molar-refractivity contribution in [2.45, 2.75) is 32.4 Å². The molecule has 0 aliphatic rings. The zero-order valence-electron chi connectivity index (χ0n) is 18.2. The Kier molecular flexibility index (Phi) is 9.36. The Labute approximate surface area is 213 Å². The van der Waals surface area contributed by atoms with E-state index < -0.39 is 6.04 Å². The molecular weight excluding hydrogens is 523 g/mol. The fourth-order valence-electron chi connectivity index (χ4n) is 3.61. The topological polar surface area (TPSA) is 49.4 Å². The fourth-order valence-corrected chi connectivity index (χ4v) is 4.53. The summed E-state index contributed by atoms with van der Waals surface area (Å²) in [5, 5.41) is 3.83. The third kappa shape index (κ3) is 7.32. The Hall–Kier alpha value is -2.34. The van der Waals surface area contributed by atoms with Gasteiger partial charge in [0.2, 0.25) is 11.8 Å². The van der Waals surface area contributed by atoms with Crippen molar-refractivity contribution < 1.29 is 9.59 Å². The Morgan fingerprint density at radius 1 is 0.970 bits per heavy atom. The lowest BCUT2D eigenvalue weighted by atomic mass is 10.0. The molecule has 172 valence electrons. The molecule has 1 N–H and O–H groups in total. The van der Waals surface area contributed by atoms with Crippen LogP contribution in [0.1, 0.15) is 23.6 Å². The highest BCUT2D eigenvalue weighted by molar-refractivity contribution is 9.10. The summed E-state index contributed by atoms with van der Waals surface area (Å²) in [7, 11) is 0. The largest absolute Gasteiger partial charge is 0.355 e. The van der Waals surface area contributed by atoms with E-state index in [1.54, 1.807) is 23.1 Å². The molecule has 4 nitrogen and oxygen atoms in total. The highest BCUT2D eigenvalue weighted by atomic mass is 79.9. The number of rotatable bonds is 9. The standard InChI is InChI=1S/C26H25BrCl2N2O2/c1-2-30-26(33)24(14-18-7-4-3-5-8-18)31(17-19-9-6-10-21(27)13-19)25(32)15-20-11-12-22(28)16-23(20)29/h3-13,16,24H,2,14-15,17H2,1H3,(H,30,33). The summed E-state index contributed by atoms with van der Waals surface area (Å²) in [5.74, 6) is -0.377. The first-order chi connectivity index (χ1) is 15.9. The number of amides is 2. The first kappa shape index (κ1) is 25.3. The van der Waals surface area contributed by atoms with Crippen molar-refractivity contribution in [1.82, 2.24) is 10.2 Å². The lowest BCUT2D eigenvalue weighted by Crippen LogP contribution is -2.51. The van der Waals surface area contributed by atoms with Gasteiger partial charge in [-0.25, -0.2) is 0 Å². The van der Waals surface area contributed by atoms with Crippen molar-refractivity contribution in [1.29, 1.82) is 0 Å². The van der Waals surface area contributed by atoms with Crippen LogP contribution in [0.5, 0.6) is 0 Å². The number of likely N-dealkylation sites (N-methyl/N-ethyl adjacent to an activating group) is 1. The summed E-state index contributed by atoms with van der Waals surface area (Å²) in [6.07, 6.45) is 0.468. The minimum Gasteiger partial charge on any atom is -0.355 e. The third-order valence-electron chi connectivity index (χ3n) is 5.22. The monoisotopic (exact) mass is 546 g/mol. The maximum absolute atomic E-state index is 13.6. The molecule has 33 heavy (non-hydrogen) atoms. The van der Waals surface area contributed by atoms with Crippen LogP contribution < -0.4 is 5.32 Å². The van der Waals surface area contributed by atoms with Crippen molar-refractivity contribution in [3.63, 3.8) is 0 Å². The molecule has 3 rings (SSSR count). The zero-order chi connectivity index (χ0) is 23.8. The van der Waals surface area contributed by atoms with Crippen molar-refractivity contribution in [2.24, 2.45) is 0 Å². The number of benzene rings is 3. The van der Waals surface area contributed by atoms with Gasteiger partial charge in [-0.3, -0.25) is 9.59 Å². The maximum atomic E-state index is 13.6. The second-order valence-corrected chi connectivity index (χ2v) is 9.42. The third-order valence-corrected chi connectivity index (χ3v) is 6.30. The van der Waals surface area contributed by atoms with E-state index in [1.165, 1.54) is 0 Å². The molecule has 1 atom stereocenters. The van der Waals surface area contributed by atoms with Gasteiger partial charge in [-0.05, 0) is 47.9 Å². The molecule has 0 bridgehead atoms. The summed E-state index contributed by atoms with van der Waals surface area (Å²) in [6.45, 7) is 2.63. The molecule has 0 heterocycles. The van der Waals surface area contributed by atoms with Crippen LogP contribution in [0, 0.1) is 0 Å². The van der Waals surface area contributed by atoms with E-state index in [-0.39, 0.29) is 24.8 Å². The maximum Gasteiger partial charge on any atom is 0.243 e. The van der Waals surface area contributed by atoms with Crippen LogP contribution >= 0.6 is 39.1 Å². The lowest BCUT2D eigenvalue weighted by molar-refractivity contribution is -0.140. The zero-order valence-corrected chi connectivity index (χ0v) is 21.3. The van der Waals surface area contributed by atoms with E-state index in [4.69, 9.17) is 23.2 Å². The molecule has 3 aromatic carbocycles. The van der Waals surface area contributed by atoms with Crippen molar-refractivity contribution in [2.75, 3.05) is 6.54 Å². The highest BCUT2D eigenvalue weighted by Gasteiger charge is 2.30. The average Bonchev–Trinajstić information content (AvgIpc) is 2.79. The van der Waals surface area contributed by atoms with Gasteiger partial charge in [0.25, 0.3) is 0 Å². The van der Waals surface area contributed by atoms with E-state index in [0.717, 1.165) is 15.6 Å². The van der Waals surface area contributed by atoms with Crippen LogP contribution in [-0.4, -0.2) is 29.3 Å². The van der Waals surface area contributed by atoms with Crippen LogP contribution in [-0.2, 0) is 29.0 Å². The summed E-state index contributed by atoms with van der Waals surface area (Å²) in [6, 6.07) is 21.8. The minimum atomic E-state index is -0.676. The quantitative estimate of drug-likeness (QED) is 0.353. The van der Waals surface area contributed by atoms with E-state index in [0.29, 0.717) is 28.6 Å². The Bertz CT molecular complexity index is 1110. The van der Waals surface area contributed by atoms with Crippen LogP contribution in [0.15, 0.2) is 77.3 Å². The highest BCUT2D eigenvalue weighted by Crippen LogP contribution is 2.24. The summed E-state index contributed by atoms with van der Waals surface area (Å²) >= 11 is 15.8.